The van der Waals surface area contributed by atoms with Gasteiger partial charge >= 0.3 is 6.03 Å². The van der Waals surface area contributed by atoms with Crippen LogP contribution in [0.2, 0.25) is 0 Å². The molecule has 0 unspecified atom stereocenters. The summed E-state index contributed by atoms with van der Waals surface area (Å²) in [6.45, 7) is 0.540. The van der Waals surface area contributed by atoms with Crippen LogP contribution in [0.1, 0.15) is 12.0 Å². The van der Waals surface area contributed by atoms with Crippen LogP contribution in [0.25, 0.3) is 6.08 Å². The first kappa shape index (κ1) is 13.7. The van der Waals surface area contributed by atoms with Gasteiger partial charge in [-0.3, -0.25) is 0 Å². The summed E-state index contributed by atoms with van der Waals surface area (Å²) in [7, 11) is 0. The van der Waals surface area contributed by atoms with Crippen molar-refractivity contribution >= 4 is 28.0 Å². The number of carbonyl (C=O) groups is 1. The molecule has 0 fully saturated rings. The molecule has 0 bridgehead atoms. The van der Waals surface area contributed by atoms with E-state index in [0.29, 0.717) is 13.0 Å². The smallest absolute Gasteiger partial charge is 0.318 e. The molecule has 0 atom stereocenters. The van der Waals surface area contributed by atoms with Crippen molar-refractivity contribution in [1.29, 1.82) is 0 Å². The van der Waals surface area contributed by atoms with Gasteiger partial charge in [0, 0.05) is 23.8 Å². The Labute approximate surface area is 109 Å². The second-order valence-corrected chi connectivity index (χ2v) is 4.19. The minimum absolute atomic E-state index is 0.0765. The van der Waals surface area contributed by atoms with Gasteiger partial charge in [0.05, 0.1) is 0 Å². The van der Waals surface area contributed by atoms with Crippen molar-refractivity contribution in [3.8, 4) is 0 Å². The molecule has 0 heterocycles. The average molecular weight is 299 g/mol. The van der Waals surface area contributed by atoms with Crippen LogP contribution in [-0.2, 0) is 0 Å². The van der Waals surface area contributed by atoms with E-state index < -0.39 is 0 Å². The fourth-order valence-corrected chi connectivity index (χ4v) is 1.57. The molecule has 17 heavy (non-hydrogen) atoms. The van der Waals surface area contributed by atoms with Gasteiger partial charge in [0.2, 0.25) is 0 Å². The number of hydrogen-bond donors (Lipinski definition) is 3. The largest absolute Gasteiger partial charge is 0.396 e. The van der Waals surface area contributed by atoms with Gasteiger partial charge in [-0.2, -0.15) is 0 Å². The fraction of sp³-hybridized carbons (Fsp3) is 0.250. The van der Waals surface area contributed by atoms with Crippen LogP contribution in [0.3, 0.4) is 0 Å². The van der Waals surface area contributed by atoms with Gasteiger partial charge in [-0.25, -0.2) is 4.79 Å². The molecule has 3 N–H and O–H groups in total. The SMILES string of the molecule is O=C(N/C=C/c1ccccc1Br)NCCCO. The molecule has 5 heteroatoms. The highest BCUT2D eigenvalue weighted by molar-refractivity contribution is 9.10. The van der Waals surface area contributed by atoms with Crippen molar-refractivity contribution in [3.05, 3.63) is 40.5 Å². The van der Waals surface area contributed by atoms with Crippen molar-refractivity contribution in [3.63, 3.8) is 0 Å². The lowest BCUT2D eigenvalue weighted by Gasteiger charge is -2.02. The summed E-state index contributed by atoms with van der Waals surface area (Å²) in [6.07, 6.45) is 3.94. The zero-order valence-corrected chi connectivity index (χ0v) is 10.9. The maximum Gasteiger partial charge on any atom is 0.318 e. The van der Waals surface area contributed by atoms with Gasteiger partial charge in [-0.05, 0) is 24.1 Å². The quantitative estimate of drug-likeness (QED) is 0.729. The van der Waals surface area contributed by atoms with Crippen molar-refractivity contribution in [2.75, 3.05) is 13.2 Å². The number of aliphatic hydroxyl groups is 1. The minimum Gasteiger partial charge on any atom is -0.396 e. The topological polar surface area (TPSA) is 61.4 Å². The Balaban J connectivity index is 2.35. The van der Waals surface area contributed by atoms with Crippen molar-refractivity contribution < 1.29 is 9.90 Å². The van der Waals surface area contributed by atoms with Crippen molar-refractivity contribution in [1.82, 2.24) is 10.6 Å². The van der Waals surface area contributed by atoms with E-state index in [4.69, 9.17) is 5.11 Å². The van der Waals surface area contributed by atoms with E-state index in [-0.39, 0.29) is 12.6 Å². The molecule has 1 rings (SSSR count). The molecule has 0 saturated carbocycles. The minimum atomic E-state index is -0.276. The Morgan fingerprint density at radius 2 is 2.18 bits per heavy atom. The predicted molar refractivity (Wildman–Crippen MR) is 71.4 cm³/mol. The summed E-state index contributed by atoms with van der Waals surface area (Å²) in [6, 6.07) is 7.44. The first-order chi connectivity index (χ1) is 8.24. The van der Waals surface area contributed by atoms with Gasteiger partial charge in [0.25, 0.3) is 0 Å². The number of carbonyl (C=O) groups excluding carboxylic acids is 1. The molecule has 0 saturated heterocycles. The lowest BCUT2D eigenvalue weighted by atomic mass is 10.2. The summed E-state index contributed by atoms with van der Waals surface area (Å²) >= 11 is 3.41. The van der Waals surface area contributed by atoms with Gasteiger partial charge in [0.1, 0.15) is 0 Å². The molecule has 2 amide bonds. The van der Waals surface area contributed by atoms with Crippen LogP contribution in [0.15, 0.2) is 34.9 Å². The Bertz CT molecular complexity index is 394. The number of halogens is 1. The molecule has 0 aliphatic rings. The van der Waals surface area contributed by atoms with Gasteiger partial charge in [0.15, 0.2) is 0 Å². The van der Waals surface area contributed by atoms with E-state index in [1.165, 1.54) is 0 Å². The van der Waals surface area contributed by atoms with E-state index in [1.54, 1.807) is 12.3 Å². The van der Waals surface area contributed by atoms with Crippen molar-refractivity contribution in [2.24, 2.45) is 0 Å². The van der Waals surface area contributed by atoms with Gasteiger partial charge in [-0.15, -0.1) is 0 Å². The Morgan fingerprint density at radius 3 is 2.88 bits per heavy atom. The molecule has 0 aromatic heterocycles. The number of nitrogens with one attached hydrogen (secondary N) is 2. The summed E-state index contributed by atoms with van der Waals surface area (Å²) in [4.78, 5) is 11.2. The van der Waals surface area contributed by atoms with Gasteiger partial charge < -0.3 is 15.7 Å². The van der Waals surface area contributed by atoms with E-state index in [2.05, 4.69) is 26.6 Å². The van der Waals surface area contributed by atoms with Crippen LogP contribution >= 0.6 is 15.9 Å². The summed E-state index contributed by atoms with van der Waals surface area (Å²) in [5, 5.41) is 13.7. The van der Waals surface area contributed by atoms with Crippen LogP contribution in [0.5, 0.6) is 0 Å². The number of hydrogen-bond acceptors (Lipinski definition) is 2. The highest BCUT2D eigenvalue weighted by Crippen LogP contribution is 2.16. The Morgan fingerprint density at radius 1 is 1.41 bits per heavy atom. The average Bonchev–Trinajstić information content (AvgIpc) is 2.32. The van der Waals surface area contributed by atoms with Crippen LogP contribution in [-0.4, -0.2) is 24.3 Å². The molecule has 0 radical (unpaired) electrons. The molecule has 92 valence electrons. The lowest BCUT2D eigenvalue weighted by Crippen LogP contribution is -2.33. The number of benzene rings is 1. The molecule has 0 aliphatic carbocycles. The molecule has 1 aromatic rings. The Hall–Kier alpha value is -1.33. The highest BCUT2D eigenvalue weighted by atomic mass is 79.9. The summed E-state index contributed by atoms with van der Waals surface area (Å²) < 4.78 is 0.971. The first-order valence-electron chi connectivity index (χ1n) is 5.30. The van der Waals surface area contributed by atoms with Crippen LogP contribution in [0.4, 0.5) is 4.79 Å². The maximum absolute atomic E-state index is 11.2. The fourth-order valence-electron chi connectivity index (χ4n) is 1.15. The third-order valence-corrected chi connectivity index (χ3v) is 2.73. The Kier molecular flexibility index (Phi) is 6.35. The number of amides is 2. The van der Waals surface area contributed by atoms with Crippen molar-refractivity contribution in [2.45, 2.75) is 6.42 Å². The zero-order valence-electron chi connectivity index (χ0n) is 9.32. The standard InChI is InChI=1S/C12H15BrN2O2/c13-11-5-2-1-4-10(11)6-8-15-12(17)14-7-3-9-16/h1-2,4-6,8,16H,3,7,9H2,(H2,14,15,17)/b8-6+. The highest BCUT2D eigenvalue weighted by Gasteiger charge is 1.96. The number of urea groups is 1. The van der Waals surface area contributed by atoms with Crippen LogP contribution < -0.4 is 10.6 Å². The monoisotopic (exact) mass is 298 g/mol. The van der Waals surface area contributed by atoms with Gasteiger partial charge in [-0.1, -0.05) is 34.1 Å². The zero-order chi connectivity index (χ0) is 12.5. The van der Waals surface area contributed by atoms with E-state index in [9.17, 15) is 4.79 Å². The second-order valence-electron chi connectivity index (χ2n) is 3.33. The first-order valence-corrected chi connectivity index (χ1v) is 6.09. The van der Waals surface area contributed by atoms with E-state index in [0.717, 1.165) is 10.0 Å². The second kappa shape index (κ2) is 7.86. The summed E-state index contributed by atoms with van der Waals surface area (Å²) in [5.41, 5.74) is 0.989. The van der Waals surface area contributed by atoms with E-state index >= 15 is 0 Å². The molecule has 0 aliphatic heterocycles. The molecular formula is C12H15BrN2O2. The third-order valence-electron chi connectivity index (χ3n) is 2.00. The molecule has 1 aromatic carbocycles. The number of rotatable bonds is 5. The van der Waals surface area contributed by atoms with Crippen LogP contribution in [0, 0.1) is 0 Å². The lowest BCUT2D eigenvalue weighted by molar-refractivity contribution is 0.241. The number of aliphatic hydroxyl groups excluding tert-OH is 1. The van der Waals surface area contributed by atoms with E-state index in [1.807, 2.05) is 24.3 Å². The predicted octanol–water partition coefficient (Wildman–Crippen LogP) is 2.10. The molecule has 0 spiro atoms. The maximum atomic E-state index is 11.2. The summed E-state index contributed by atoms with van der Waals surface area (Å²) in [5.74, 6) is 0. The molecular weight excluding hydrogens is 284 g/mol. The third kappa shape index (κ3) is 5.51. The normalized spacial score (nSPS) is 10.5. The molecule has 4 nitrogen and oxygen atoms in total.